The lowest BCUT2D eigenvalue weighted by molar-refractivity contribution is 0.479. The molecule has 3 rings (SSSR count). The summed E-state index contributed by atoms with van der Waals surface area (Å²) in [6.45, 7) is 0. The van der Waals surface area contributed by atoms with E-state index in [2.05, 4.69) is 32.6 Å². The summed E-state index contributed by atoms with van der Waals surface area (Å²) in [7, 11) is 1.93. The van der Waals surface area contributed by atoms with Gasteiger partial charge >= 0.3 is 0 Å². The van der Waals surface area contributed by atoms with Gasteiger partial charge in [0.2, 0.25) is 0 Å². The zero-order valence-electron chi connectivity index (χ0n) is 10.5. The first-order chi connectivity index (χ1) is 9.36. The summed E-state index contributed by atoms with van der Waals surface area (Å²) >= 11 is 1.61. The van der Waals surface area contributed by atoms with Gasteiger partial charge in [0.25, 0.3) is 0 Å². The number of rotatable bonds is 5. The van der Waals surface area contributed by atoms with Gasteiger partial charge in [-0.25, -0.2) is 4.98 Å². The van der Waals surface area contributed by atoms with Crippen molar-refractivity contribution in [2.45, 2.75) is 11.2 Å². The molecule has 0 saturated heterocycles. The van der Waals surface area contributed by atoms with E-state index >= 15 is 0 Å². The molecule has 2 aromatic heterocycles. The van der Waals surface area contributed by atoms with Crippen molar-refractivity contribution < 1.29 is 4.42 Å². The number of H-pyrrole nitrogens is 1. The Hall–Kier alpha value is -1.79. The molecule has 6 heteroatoms. The SMILES string of the molecule is CNC(CSc1ncn[nH]1)c1cc2ccccc2o1. The Bertz CT molecular complexity index is 617. The van der Waals surface area contributed by atoms with Crippen molar-refractivity contribution in [2.75, 3.05) is 12.8 Å². The largest absolute Gasteiger partial charge is 0.459 e. The Morgan fingerprint density at radius 1 is 1.42 bits per heavy atom. The molecule has 1 atom stereocenters. The second kappa shape index (κ2) is 5.46. The molecule has 2 heterocycles. The van der Waals surface area contributed by atoms with Crippen LogP contribution in [0.25, 0.3) is 11.0 Å². The maximum atomic E-state index is 5.87. The highest BCUT2D eigenvalue weighted by atomic mass is 32.2. The van der Waals surface area contributed by atoms with E-state index in [4.69, 9.17) is 4.42 Å². The van der Waals surface area contributed by atoms with Gasteiger partial charge in [-0.05, 0) is 19.2 Å². The molecule has 0 spiro atoms. The van der Waals surface area contributed by atoms with E-state index in [9.17, 15) is 0 Å². The maximum Gasteiger partial charge on any atom is 0.183 e. The first-order valence-corrected chi connectivity index (χ1v) is 6.99. The Balaban J connectivity index is 1.77. The molecule has 0 fully saturated rings. The Kier molecular flexibility index (Phi) is 3.52. The van der Waals surface area contributed by atoms with Crippen LogP contribution in [-0.4, -0.2) is 28.0 Å². The summed E-state index contributed by atoms with van der Waals surface area (Å²) in [4.78, 5) is 4.10. The number of fused-ring (bicyclic) bond motifs is 1. The van der Waals surface area contributed by atoms with Crippen molar-refractivity contribution in [3.8, 4) is 0 Å². The van der Waals surface area contributed by atoms with Gasteiger partial charge in [-0.2, -0.15) is 5.10 Å². The minimum atomic E-state index is 0.141. The average molecular weight is 274 g/mol. The highest BCUT2D eigenvalue weighted by molar-refractivity contribution is 7.99. The molecule has 1 unspecified atom stereocenters. The molecule has 0 aliphatic carbocycles. The highest BCUT2D eigenvalue weighted by Gasteiger charge is 2.15. The smallest absolute Gasteiger partial charge is 0.183 e. The van der Waals surface area contributed by atoms with Crippen molar-refractivity contribution in [3.05, 3.63) is 42.4 Å². The molecule has 0 amide bonds. The molecule has 0 aliphatic heterocycles. The van der Waals surface area contributed by atoms with Gasteiger partial charge in [0.15, 0.2) is 5.16 Å². The number of para-hydroxylation sites is 1. The molecule has 19 heavy (non-hydrogen) atoms. The molecule has 1 aromatic carbocycles. The van der Waals surface area contributed by atoms with Gasteiger partial charge in [0.1, 0.15) is 17.7 Å². The highest BCUT2D eigenvalue weighted by Crippen LogP contribution is 2.27. The number of nitrogens with one attached hydrogen (secondary N) is 2. The van der Waals surface area contributed by atoms with E-state index in [0.29, 0.717) is 0 Å². The van der Waals surface area contributed by atoms with Crippen molar-refractivity contribution in [3.63, 3.8) is 0 Å². The maximum absolute atomic E-state index is 5.87. The standard InChI is InChI=1S/C13H14N4OS/c1-14-10(7-19-13-15-8-16-17-13)12-6-9-4-2-3-5-11(9)18-12/h2-6,8,10,14H,7H2,1H3,(H,15,16,17). The molecular formula is C13H14N4OS. The summed E-state index contributed by atoms with van der Waals surface area (Å²) in [5, 5.41) is 11.9. The van der Waals surface area contributed by atoms with E-state index in [1.165, 1.54) is 6.33 Å². The molecule has 0 aliphatic rings. The molecular weight excluding hydrogens is 260 g/mol. The van der Waals surface area contributed by atoms with Crippen molar-refractivity contribution in [1.29, 1.82) is 0 Å². The second-order valence-corrected chi connectivity index (χ2v) is 5.14. The van der Waals surface area contributed by atoms with E-state index in [0.717, 1.165) is 27.6 Å². The van der Waals surface area contributed by atoms with Gasteiger partial charge < -0.3 is 9.73 Å². The van der Waals surface area contributed by atoms with Crippen LogP contribution in [0, 0.1) is 0 Å². The molecule has 2 N–H and O–H groups in total. The lowest BCUT2D eigenvalue weighted by Gasteiger charge is -2.11. The molecule has 0 radical (unpaired) electrons. The third-order valence-corrected chi connectivity index (χ3v) is 3.89. The monoisotopic (exact) mass is 274 g/mol. The fraction of sp³-hybridized carbons (Fsp3) is 0.231. The van der Waals surface area contributed by atoms with Gasteiger partial charge in [0.05, 0.1) is 6.04 Å². The van der Waals surface area contributed by atoms with Crippen LogP contribution in [-0.2, 0) is 0 Å². The Morgan fingerprint density at radius 2 is 2.32 bits per heavy atom. The minimum absolute atomic E-state index is 0.141. The average Bonchev–Trinajstić information content (AvgIpc) is 3.08. The van der Waals surface area contributed by atoms with Crippen LogP contribution >= 0.6 is 11.8 Å². The van der Waals surface area contributed by atoms with E-state index < -0.39 is 0 Å². The van der Waals surface area contributed by atoms with Crippen molar-refractivity contribution >= 4 is 22.7 Å². The third kappa shape index (κ3) is 2.64. The predicted octanol–water partition coefficient (Wildman–Crippen LogP) is 2.60. The van der Waals surface area contributed by atoms with Crippen LogP contribution in [0.5, 0.6) is 0 Å². The molecule has 3 aromatic rings. The van der Waals surface area contributed by atoms with Crippen molar-refractivity contribution in [1.82, 2.24) is 20.5 Å². The van der Waals surface area contributed by atoms with E-state index in [1.807, 2.05) is 25.2 Å². The predicted molar refractivity (Wildman–Crippen MR) is 75.1 cm³/mol. The topological polar surface area (TPSA) is 66.7 Å². The summed E-state index contributed by atoms with van der Waals surface area (Å²) in [5.41, 5.74) is 0.919. The van der Waals surface area contributed by atoms with E-state index in [1.54, 1.807) is 11.8 Å². The number of thioether (sulfide) groups is 1. The van der Waals surface area contributed by atoms with Crippen LogP contribution < -0.4 is 5.32 Å². The Labute approximate surface area is 114 Å². The fourth-order valence-corrected chi connectivity index (χ4v) is 2.80. The first-order valence-electron chi connectivity index (χ1n) is 6.00. The Morgan fingerprint density at radius 3 is 3.05 bits per heavy atom. The number of aromatic nitrogens is 3. The lowest BCUT2D eigenvalue weighted by Crippen LogP contribution is -2.18. The zero-order chi connectivity index (χ0) is 13.1. The van der Waals surface area contributed by atoms with Crippen molar-refractivity contribution in [2.24, 2.45) is 0 Å². The van der Waals surface area contributed by atoms with Crippen LogP contribution in [0.3, 0.4) is 0 Å². The minimum Gasteiger partial charge on any atom is -0.459 e. The van der Waals surface area contributed by atoms with Gasteiger partial charge in [0, 0.05) is 11.1 Å². The van der Waals surface area contributed by atoms with Crippen LogP contribution in [0.1, 0.15) is 11.8 Å². The molecule has 5 nitrogen and oxygen atoms in total. The lowest BCUT2D eigenvalue weighted by atomic mass is 10.2. The number of nitrogens with zero attached hydrogens (tertiary/aromatic N) is 2. The van der Waals surface area contributed by atoms with Gasteiger partial charge in [-0.3, -0.25) is 5.10 Å². The van der Waals surface area contributed by atoms with Gasteiger partial charge in [-0.1, -0.05) is 30.0 Å². The zero-order valence-corrected chi connectivity index (χ0v) is 11.3. The van der Waals surface area contributed by atoms with E-state index in [-0.39, 0.29) is 6.04 Å². The molecule has 0 saturated carbocycles. The second-order valence-electron chi connectivity index (χ2n) is 4.13. The third-order valence-electron chi connectivity index (χ3n) is 2.92. The number of benzene rings is 1. The fourth-order valence-electron chi connectivity index (χ4n) is 1.91. The molecule has 0 bridgehead atoms. The number of hydrogen-bond acceptors (Lipinski definition) is 5. The summed E-state index contributed by atoms with van der Waals surface area (Å²) in [6.07, 6.45) is 1.51. The molecule has 98 valence electrons. The summed E-state index contributed by atoms with van der Waals surface area (Å²) in [5.74, 6) is 1.77. The number of hydrogen-bond donors (Lipinski definition) is 2. The van der Waals surface area contributed by atoms with Gasteiger partial charge in [-0.15, -0.1) is 0 Å². The van der Waals surface area contributed by atoms with Crippen LogP contribution in [0.2, 0.25) is 0 Å². The number of aromatic amines is 1. The van der Waals surface area contributed by atoms with Crippen LogP contribution in [0.15, 0.2) is 46.2 Å². The summed E-state index contributed by atoms with van der Waals surface area (Å²) < 4.78 is 5.87. The summed E-state index contributed by atoms with van der Waals surface area (Å²) in [6, 6.07) is 10.3. The number of furan rings is 1. The van der Waals surface area contributed by atoms with Crippen LogP contribution in [0.4, 0.5) is 0 Å². The quantitative estimate of drug-likeness (QED) is 0.700. The first kappa shape index (κ1) is 12.3. The normalized spacial score (nSPS) is 12.9.